The van der Waals surface area contributed by atoms with Crippen molar-refractivity contribution in [3.63, 3.8) is 0 Å². The topological polar surface area (TPSA) is 237 Å². The Balaban J connectivity index is 5.24. The van der Waals surface area contributed by atoms with Crippen LogP contribution in [0.5, 0.6) is 0 Å². The number of ether oxygens (including phenoxy) is 4. The first-order chi connectivity index (χ1) is 50.3. The molecule has 0 aromatic heterocycles. The highest BCUT2D eigenvalue weighted by molar-refractivity contribution is 7.47. The maximum absolute atomic E-state index is 13.1. The molecule has 3 unspecified atom stereocenters. The minimum absolute atomic E-state index is 0.107. The van der Waals surface area contributed by atoms with E-state index in [1.807, 2.05) is 0 Å². The smallest absolute Gasteiger partial charge is 0.462 e. The fourth-order valence-electron chi connectivity index (χ4n) is 13.2. The molecule has 19 heteroatoms. The second-order valence-electron chi connectivity index (χ2n) is 31.8. The Morgan fingerprint density at radius 1 is 0.279 bits per heavy atom. The molecule has 0 aliphatic carbocycles. The number of aliphatic hydroxyl groups is 1. The maximum Gasteiger partial charge on any atom is 0.472 e. The molecule has 0 spiro atoms. The van der Waals surface area contributed by atoms with E-state index < -0.39 is 97.5 Å². The summed E-state index contributed by atoms with van der Waals surface area (Å²) in [5.74, 6) is 0.309. The molecule has 0 aromatic rings. The summed E-state index contributed by atoms with van der Waals surface area (Å²) in [6, 6.07) is 0. The molecular formula is C85H166O17P2. The van der Waals surface area contributed by atoms with E-state index in [0.29, 0.717) is 25.7 Å². The highest BCUT2D eigenvalue weighted by Crippen LogP contribution is 2.45. The maximum atomic E-state index is 13.1. The van der Waals surface area contributed by atoms with E-state index in [-0.39, 0.29) is 25.7 Å². The number of hydrogen-bond acceptors (Lipinski definition) is 15. The average molecular weight is 1520 g/mol. The molecule has 0 aliphatic rings. The van der Waals surface area contributed by atoms with Crippen molar-refractivity contribution < 1.29 is 80.2 Å². The predicted octanol–water partition coefficient (Wildman–Crippen LogP) is 25.7. The number of carbonyl (C=O) groups excluding carboxylic acids is 4. The van der Waals surface area contributed by atoms with Gasteiger partial charge in [-0.25, -0.2) is 9.13 Å². The third kappa shape index (κ3) is 76.8. The number of rotatable bonds is 83. The van der Waals surface area contributed by atoms with Gasteiger partial charge in [0.1, 0.15) is 19.3 Å². The first-order valence-electron chi connectivity index (χ1n) is 43.9. The highest BCUT2D eigenvalue weighted by Gasteiger charge is 2.30. The average Bonchev–Trinajstić information content (AvgIpc) is 0.920. The van der Waals surface area contributed by atoms with Gasteiger partial charge in [0.25, 0.3) is 0 Å². The number of hydrogen-bond donors (Lipinski definition) is 3. The van der Waals surface area contributed by atoms with E-state index in [9.17, 15) is 43.2 Å². The number of phosphoric acid groups is 2. The molecule has 0 bridgehead atoms. The van der Waals surface area contributed by atoms with Crippen molar-refractivity contribution in [1.29, 1.82) is 0 Å². The second kappa shape index (κ2) is 75.1. The number of phosphoric ester groups is 2. The quantitative estimate of drug-likeness (QED) is 0.0222. The van der Waals surface area contributed by atoms with Gasteiger partial charge in [-0.2, -0.15) is 0 Å². The summed E-state index contributed by atoms with van der Waals surface area (Å²) in [4.78, 5) is 73.2. The third-order valence-corrected chi connectivity index (χ3v) is 22.1. The van der Waals surface area contributed by atoms with E-state index in [1.165, 1.54) is 257 Å². The summed E-state index contributed by atoms with van der Waals surface area (Å²) in [5.41, 5.74) is 0. The van der Waals surface area contributed by atoms with Crippen molar-refractivity contribution in [1.82, 2.24) is 0 Å². The Morgan fingerprint density at radius 3 is 0.731 bits per heavy atom. The molecule has 0 fully saturated rings. The fraction of sp³-hybridized carbons (Fsp3) is 0.953. The number of carbonyl (C=O) groups is 4. The molecule has 104 heavy (non-hydrogen) atoms. The van der Waals surface area contributed by atoms with Gasteiger partial charge in [0.2, 0.25) is 0 Å². The standard InChI is InChI=1S/C85H166O17P2/c1-8-10-11-12-13-14-15-24-32-39-47-54-61-68-84(89)102-81(73-96-83(88)67-60-53-46-41-34-36-43-50-57-64-77(5)6)75-100-104(93,94)98-71-79(86)70-97-103(91,92)99-74-80(72-95-82(87)66-59-52-45-38-31-27-23-22-25-29-35-42-49-56-63-76(3)4)101-85(90)69-62-55-48-40-33-28-21-19-17-16-18-20-26-30-37-44-51-58-65-78(7)9-2/h76-81,86H,8-75H2,1-7H3,(H,91,92)(H,93,94)/t78?,79-,80-,81-/m1/s1. The van der Waals surface area contributed by atoms with Crippen molar-refractivity contribution in [3.05, 3.63) is 0 Å². The molecule has 0 heterocycles. The summed E-state index contributed by atoms with van der Waals surface area (Å²) >= 11 is 0. The van der Waals surface area contributed by atoms with Gasteiger partial charge in [-0.3, -0.25) is 37.3 Å². The van der Waals surface area contributed by atoms with Crippen molar-refractivity contribution in [2.24, 2.45) is 17.8 Å². The normalized spacial score (nSPS) is 14.2. The van der Waals surface area contributed by atoms with Crippen molar-refractivity contribution in [2.45, 2.75) is 465 Å². The zero-order chi connectivity index (χ0) is 76.5. The van der Waals surface area contributed by atoms with Crippen LogP contribution >= 0.6 is 15.6 Å². The van der Waals surface area contributed by atoms with Gasteiger partial charge in [-0.05, 0) is 43.4 Å². The van der Waals surface area contributed by atoms with Crippen LogP contribution in [0.1, 0.15) is 447 Å². The molecule has 0 aromatic carbocycles. The van der Waals surface area contributed by atoms with Crippen LogP contribution in [0.15, 0.2) is 0 Å². The Morgan fingerprint density at radius 2 is 0.490 bits per heavy atom. The SMILES string of the molecule is CCCCCCCCCCCCCCCC(=O)O[C@H](COC(=O)CCCCCCCCCCCC(C)C)COP(=O)(O)OC[C@H](O)COP(=O)(O)OC[C@@H](COC(=O)CCCCCCCCCCCCCCCCC(C)C)OC(=O)CCCCCCCCCCCCCCCCCCCCC(C)CC. The van der Waals surface area contributed by atoms with Gasteiger partial charge < -0.3 is 33.8 Å². The van der Waals surface area contributed by atoms with Gasteiger partial charge in [0, 0.05) is 25.7 Å². The van der Waals surface area contributed by atoms with Crippen LogP contribution in [-0.4, -0.2) is 96.7 Å². The molecule has 0 rings (SSSR count). The first-order valence-corrected chi connectivity index (χ1v) is 46.9. The Labute approximate surface area is 638 Å². The molecular weight excluding hydrogens is 1350 g/mol. The van der Waals surface area contributed by atoms with E-state index >= 15 is 0 Å². The van der Waals surface area contributed by atoms with Crippen LogP contribution in [0, 0.1) is 17.8 Å². The molecule has 0 saturated carbocycles. The van der Waals surface area contributed by atoms with Crippen LogP contribution in [-0.2, 0) is 65.4 Å². The second-order valence-corrected chi connectivity index (χ2v) is 34.7. The van der Waals surface area contributed by atoms with E-state index in [1.54, 1.807) is 0 Å². The molecule has 3 N–H and O–H groups in total. The minimum atomic E-state index is -4.97. The number of aliphatic hydroxyl groups excluding tert-OH is 1. The first kappa shape index (κ1) is 102. The van der Waals surface area contributed by atoms with Gasteiger partial charge in [-0.15, -0.1) is 0 Å². The van der Waals surface area contributed by atoms with Crippen molar-refractivity contribution in [2.75, 3.05) is 39.6 Å². The summed E-state index contributed by atoms with van der Waals surface area (Å²) in [6.07, 6.45) is 65.2. The molecule has 618 valence electrons. The van der Waals surface area contributed by atoms with Crippen molar-refractivity contribution in [3.8, 4) is 0 Å². The Bertz CT molecular complexity index is 2010. The van der Waals surface area contributed by atoms with Gasteiger partial charge in [-0.1, -0.05) is 395 Å². The minimum Gasteiger partial charge on any atom is -0.462 e. The van der Waals surface area contributed by atoms with Crippen LogP contribution in [0.3, 0.4) is 0 Å². The molecule has 6 atom stereocenters. The molecule has 0 saturated heterocycles. The zero-order valence-electron chi connectivity index (χ0n) is 68.5. The lowest BCUT2D eigenvalue weighted by atomic mass is 9.99. The summed E-state index contributed by atoms with van der Waals surface area (Å²) in [7, 11) is -9.93. The van der Waals surface area contributed by atoms with E-state index in [0.717, 1.165) is 108 Å². The van der Waals surface area contributed by atoms with Crippen molar-refractivity contribution >= 4 is 39.5 Å². The summed E-state index contributed by atoms with van der Waals surface area (Å²) < 4.78 is 68.9. The van der Waals surface area contributed by atoms with Crippen LogP contribution < -0.4 is 0 Å². The molecule has 0 aliphatic heterocycles. The largest absolute Gasteiger partial charge is 0.472 e. The lowest BCUT2D eigenvalue weighted by Crippen LogP contribution is -2.30. The highest BCUT2D eigenvalue weighted by atomic mass is 31.2. The monoisotopic (exact) mass is 1520 g/mol. The number of unbranched alkanes of at least 4 members (excludes halogenated alkanes) is 50. The summed E-state index contributed by atoms with van der Waals surface area (Å²) in [5, 5.41) is 10.7. The molecule has 17 nitrogen and oxygen atoms in total. The third-order valence-electron chi connectivity index (χ3n) is 20.2. The lowest BCUT2D eigenvalue weighted by Gasteiger charge is -2.21. The molecule has 0 amide bonds. The lowest BCUT2D eigenvalue weighted by molar-refractivity contribution is -0.161. The predicted molar refractivity (Wildman–Crippen MR) is 428 cm³/mol. The van der Waals surface area contributed by atoms with Gasteiger partial charge >= 0.3 is 39.5 Å². The Hall–Kier alpha value is -1.94. The van der Waals surface area contributed by atoms with Crippen LogP contribution in [0.25, 0.3) is 0 Å². The molecule has 0 radical (unpaired) electrons. The summed E-state index contributed by atoms with van der Waals surface area (Å²) in [6.45, 7) is 12.0. The fourth-order valence-corrected chi connectivity index (χ4v) is 14.7. The van der Waals surface area contributed by atoms with E-state index in [4.69, 9.17) is 37.0 Å². The van der Waals surface area contributed by atoms with Crippen LogP contribution in [0.4, 0.5) is 0 Å². The number of esters is 4. The van der Waals surface area contributed by atoms with Gasteiger partial charge in [0.05, 0.1) is 26.4 Å². The Kier molecular flexibility index (Phi) is 73.7. The van der Waals surface area contributed by atoms with Gasteiger partial charge in [0.15, 0.2) is 12.2 Å². The van der Waals surface area contributed by atoms with E-state index in [2.05, 4.69) is 48.5 Å². The van der Waals surface area contributed by atoms with Crippen LogP contribution in [0.2, 0.25) is 0 Å². The zero-order valence-corrected chi connectivity index (χ0v) is 70.3.